The lowest BCUT2D eigenvalue weighted by atomic mass is 10.0. The maximum atomic E-state index is 10.9. The Balaban J connectivity index is 2.36. The highest BCUT2D eigenvalue weighted by Gasteiger charge is 2.23. The van der Waals surface area contributed by atoms with Crippen LogP contribution in [0.15, 0.2) is 18.2 Å². The zero-order valence-electron chi connectivity index (χ0n) is 7.71. The number of carbonyl (C=O) groups is 1. The van der Waals surface area contributed by atoms with E-state index in [4.69, 9.17) is 5.73 Å². The molecular weight excluding hydrogens is 162 g/mol. The van der Waals surface area contributed by atoms with Gasteiger partial charge in [0.1, 0.15) is 0 Å². The summed E-state index contributed by atoms with van der Waals surface area (Å²) in [4.78, 5) is 10.9. The molecule has 2 heteroatoms. The smallest absolute Gasteiger partial charge is 0.248 e. The Morgan fingerprint density at radius 3 is 2.62 bits per heavy atom. The van der Waals surface area contributed by atoms with Gasteiger partial charge in [0, 0.05) is 5.56 Å². The number of nitrogens with two attached hydrogens (primary N) is 1. The molecule has 1 fully saturated rings. The predicted octanol–water partition coefficient (Wildman–Crippen LogP) is 1.97. The van der Waals surface area contributed by atoms with E-state index < -0.39 is 0 Å². The number of benzene rings is 1. The van der Waals surface area contributed by atoms with E-state index >= 15 is 0 Å². The van der Waals surface area contributed by atoms with Gasteiger partial charge in [0.15, 0.2) is 0 Å². The van der Waals surface area contributed by atoms with Crippen molar-refractivity contribution in [2.24, 2.45) is 5.73 Å². The number of primary amides is 1. The molecule has 0 aromatic heterocycles. The summed E-state index contributed by atoms with van der Waals surface area (Å²) in [5.74, 6) is 0.403. The third-order valence-corrected chi connectivity index (χ3v) is 2.56. The molecule has 0 radical (unpaired) electrons. The molecule has 68 valence electrons. The molecule has 0 aliphatic heterocycles. The Hall–Kier alpha value is -1.31. The van der Waals surface area contributed by atoms with Crippen LogP contribution in [0.3, 0.4) is 0 Å². The molecule has 0 unspecified atom stereocenters. The number of aryl methyl sites for hydroxylation is 1. The number of carbonyl (C=O) groups excluding carboxylic acids is 1. The average molecular weight is 175 g/mol. The van der Waals surface area contributed by atoms with Gasteiger partial charge < -0.3 is 5.73 Å². The highest BCUT2D eigenvalue weighted by molar-refractivity contribution is 5.94. The van der Waals surface area contributed by atoms with E-state index in [0.717, 1.165) is 11.5 Å². The molecule has 2 rings (SSSR count). The molecule has 1 aliphatic rings. The maximum Gasteiger partial charge on any atom is 0.248 e. The molecule has 1 amide bonds. The molecule has 1 aromatic rings. The molecule has 0 atom stereocenters. The van der Waals surface area contributed by atoms with Crippen LogP contribution in [0.1, 0.15) is 40.2 Å². The lowest BCUT2D eigenvalue weighted by Crippen LogP contribution is -2.12. The third kappa shape index (κ3) is 1.57. The highest BCUT2D eigenvalue weighted by atomic mass is 16.1. The maximum absolute atomic E-state index is 10.9. The van der Waals surface area contributed by atoms with Gasteiger partial charge in [-0.05, 0) is 42.9 Å². The fraction of sp³-hybridized carbons (Fsp3) is 0.364. The topological polar surface area (TPSA) is 43.1 Å². The van der Waals surface area contributed by atoms with Crippen molar-refractivity contribution in [1.82, 2.24) is 0 Å². The van der Waals surface area contributed by atoms with Crippen LogP contribution in [0, 0.1) is 6.92 Å². The first kappa shape index (κ1) is 8.30. The van der Waals surface area contributed by atoms with E-state index in [9.17, 15) is 4.79 Å². The molecule has 2 N–H and O–H groups in total. The summed E-state index contributed by atoms with van der Waals surface area (Å²) in [5.41, 5.74) is 8.21. The second-order valence-electron chi connectivity index (χ2n) is 3.71. The predicted molar refractivity (Wildman–Crippen MR) is 51.7 cm³/mol. The van der Waals surface area contributed by atoms with Crippen molar-refractivity contribution in [2.75, 3.05) is 0 Å². The molecule has 1 aliphatic carbocycles. The molecular formula is C11H13NO. The first-order chi connectivity index (χ1) is 6.18. The van der Waals surface area contributed by atoms with Gasteiger partial charge in [-0.15, -0.1) is 0 Å². The molecule has 0 spiro atoms. The summed E-state index contributed by atoms with van der Waals surface area (Å²) in [7, 11) is 0. The summed E-state index contributed by atoms with van der Waals surface area (Å²) >= 11 is 0. The van der Waals surface area contributed by atoms with Crippen LogP contribution in [0.2, 0.25) is 0 Å². The zero-order chi connectivity index (χ0) is 9.42. The summed E-state index contributed by atoms with van der Waals surface area (Å²) in [6.45, 7) is 1.94. The summed E-state index contributed by atoms with van der Waals surface area (Å²) < 4.78 is 0. The van der Waals surface area contributed by atoms with Crippen LogP contribution in [0.25, 0.3) is 0 Å². The van der Waals surface area contributed by atoms with Crippen molar-refractivity contribution in [3.05, 3.63) is 34.9 Å². The van der Waals surface area contributed by atoms with Crippen LogP contribution >= 0.6 is 0 Å². The lowest BCUT2D eigenvalue weighted by Gasteiger charge is -2.04. The van der Waals surface area contributed by atoms with Crippen molar-refractivity contribution in [2.45, 2.75) is 25.7 Å². The van der Waals surface area contributed by atoms with Gasteiger partial charge in [0.05, 0.1) is 0 Å². The largest absolute Gasteiger partial charge is 0.366 e. The van der Waals surface area contributed by atoms with Gasteiger partial charge in [-0.1, -0.05) is 12.1 Å². The quantitative estimate of drug-likeness (QED) is 0.733. The Labute approximate surface area is 77.8 Å². The van der Waals surface area contributed by atoms with E-state index in [2.05, 4.69) is 6.07 Å². The SMILES string of the molecule is Cc1cc(C2CC2)ccc1C(N)=O. The highest BCUT2D eigenvalue weighted by Crippen LogP contribution is 2.40. The summed E-state index contributed by atoms with van der Waals surface area (Å²) in [6, 6.07) is 5.94. The zero-order valence-corrected chi connectivity index (χ0v) is 7.71. The van der Waals surface area contributed by atoms with E-state index in [1.165, 1.54) is 18.4 Å². The van der Waals surface area contributed by atoms with Gasteiger partial charge in [-0.2, -0.15) is 0 Å². The van der Waals surface area contributed by atoms with E-state index in [0.29, 0.717) is 5.56 Å². The molecule has 13 heavy (non-hydrogen) atoms. The van der Waals surface area contributed by atoms with E-state index in [-0.39, 0.29) is 5.91 Å². The number of hydrogen-bond acceptors (Lipinski definition) is 1. The van der Waals surface area contributed by atoms with Crippen LogP contribution in [-0.2, 0) is 0 Å². The minimum atomic E-state index is -0.333. The van der Waals surface area contributed by atoms with Gasteiger partial charge in [0.2, 0.25) is 5.91 Å². The Morgan fingerprint density at radius 1 is 1.46 bits per heavy atom. The molecule has 1 aromatic carbocycles. The van der Waals surface area contributed by atoms with Crippen molar-refractivity contribution in [3.63, 3.8) is 0 Å². The second-order valence-corrected chi connectivity index (χ2v) is 3.71. The van der Waals surface area contributed by atoms with E-state index in [1.54, 1.807) is 0 Å². The van der Waals surface area contributed by atoms with Gasteiger partial charge in [-0.3, -0.25) is 4.79 Å². The van der Waals surface area contributed by atoms with Crippen molar-refractivity contribution >= 4 is 5.91 Å². The van der Waals surface area contributed by atoms with Gasteiger partial charge >= 0.3 is 0 Å². The normalized spacial score (nSPS) is 15.8. The Morgan fingerprint density at radius 2 is 2.15 bits per heavy atom. The van der Waals surface area contributed by atoms with Gasteiger partial charge in [-0.25, -0.2) is 0 Å². The van der Waals surface area contributed by atoms with Crippen LogP contribution in [-0.4, -0.2) is 5.91 Å². The van der Waals surface area contributed by atoms with Crippen molar-refractivity contribution in [1.29, 1.82) is 0 Å². The minimum absolute atomic E-state index is 0.333. The fourth-order valence-corrected chi connectivity index (χ4v) is 1.63. The Kier molecular flexibility index (Phi) is 1.83. The summed E-state index contributed by atoms with van der Waals surface area (Å²) in [5, 5.41) is 0. The summed E-state index contributed by atoms with van der Waals surface area (Å²) in [6.07, 6.45) is 2.57. The first-order valence-corrected chi connectivity index (χ1v) is 4.59. The monoisotopic (exact) mass is 175 g/mol. The van der Waals surface area contributed by atoms with Crippen molar-refractivity contribution < 1.29 is 4.79 Å². The van der Waals surface area contributed by atoms with Gasteiger partial charge in [0.25, 0.3) is 0 Å². The molecule has 1 saturated carbocycles. The minimum Gasteiger partial charge on any atom is -0.366 e. The Bertz CT molecular complexity index is 353. The average Bonchev–Trinajstić information content (AvgIpc) is 2.85. The van der Waals surface area contributed by atoms with Crippen LogP contribution in [0.5, 0.6) is 0 Å². The molecule has 2 nitrogen and oxygen atoms in total. The molecule has 0 saturated heterocycles. The lowest BCUT2D eigenvalue weighted by molar-refractivity contribution is 0.0999. The number of hydrogen-bond donors (Lipinski definition) is 1. The number of amides is 1. The molecule has 0 bridgehead atoms. The third-order valence-electron chi connectivity index (χ3n) is 2.56. The number of rotatable bonds is 2. The first-order valence-electron chi connectivity index (χ1n) is 4.59. The fourth-order valence-electron chi connectivity index (χ4n) is 1.63. The van der Waals surface area contributed by atoms with Crippen molar-refractivity contribution in [3.8, 4) is 0 Å². The molecule has 0 heterocycles. The van der Waals surface area contributed by atoms with E-state index in [1.807, 2.05) is 19.1 Å². The van der Waals surface area contributed by atoms with Crippen LogP contribution in [0.4, 0.5) is 0 Å². The van der Waals surface area contributed by atoms with Crippen LogP contribution < -0.4 is 5.73 Å². The second kappa shape index (κ2) is 2.87. The standard InChI is InChI=1S/C11H13NO/c1-7-6-9(8-2-3-8)4-5-10(7)11(12)13/h4-6,8H,2-3H2,1H3,(H2,12,13).